The minimum absolute atomic E-state index is 0.123. The summed E-state index contributed by atoms with van der Waals surface area (Å²) >= 11 is 0. The van der Waals surface area contributed by atoms with Crippen molar-refractivity contribution in [2.45, 2.75) is 19.9 Å². The van der Waals surface area contributed by atoms with Gasteiger partial charge in [-0.15, -0.1) is 0 Å². The zero-order valence-electron chi connectivity index (χ0n) is 17.0. The first-order chi connectivity index (χ1) is 13.7. The highest BCUT2D eigenvalue weighted by molar-refractivity contribution is 5.73. The molecule has 0 aliphatic carbocycles. The van der Waals surface area contributed by atoms with Crippen LogP contribution < -0.4 is 15.5 Å². The summed E-state index contributed by atoms with van der Waals surface area (Å²) in [7, 11) is 0. The van der Waals surface area contributed by atoms with E-state index in [1.165, 1.54) is 0 Å². The summed E-state index contributed by atoms with van der Waals surface area (Å²) < 4.78 is 5.34. The van der Waals surface area contributed by atoms with Crippen LogP contribution in [0.2, 0.25) is 0 Å². The SMILES string of the molecule is CCN1CCN(c2ccc(CNC(=O)NCCCN3CCOCC3)cn2)CC1. The quantitative estimate of drug-likeness (QED) is 0.638. The number of carbonyl (C=O) groups excluding carboxylic acids is 1. The highest BCUT2D eigenvalue weighted by Gasteiger charge is 2.16. The second-order valence-corrected chi connectivity index (χ2v) is 7.36. The molecule has 0 bridgehead atoms. The van der Waals surface area contributed by atoms with E-state index in [1.807, 2.05) is 12.3 Å². The summed E-state index contributed by atoms with van der Waals surface area (Å²) in [5, 5.41) is 5.83. The van der Waals surface area contributed by atoms with Crippen molar-refractivity contribution in [2.24, 2.45) is 0 Å². The molecule has 156 valence electrons. The van der Waals surface area contributed by atoms with E-state index in [4.69, 9.17) is 4.74 Å². The molecular weight excluding hydrogens is 356 g/mol. The minimum Gasteiger partial charge on any atom is -0.379 e. The van der Waals surface area contributed by atoms with Crippen LogP contribution in [0.1, 0.15) is 18.9 Å². The van der Waals surface area contributed by atoms with Gasteiger partial charge in [0.15, 0.2) is 0 Å². The van der Waals surface area contributed by atoms with E-state index in [0.29, 0.717) is 13.1 Å². The van der Waals surface area contributed by atoms with Gasteiger partial charge in [-0.2, -0.15) is 0 Å². The molecule has 8 nitrogen and oxygen atoms in total. The number of anilines is 1. The van der Waals surface area contributed by atoms with Gasteiger partial charge < -0.3 is 25.2 Å². The lowest BCUT2D eigenvalue weighted by Crippen LogP contribution is -2.46. The predicted molar refractivity (Wildman–Crippen MR) is 111 cm³/mol. The van der Waals surface area contributed by atoms with E-state index >= 15 is 0 Å². The second-order valence-electron chi connectivity index (χ2n) is 7.36. The number of rotatable bonds is 8. The van der Waals surface area contributed by atoms with Crippen LogP contribution >= 0.6 is 0 Å². The van der Waals surface area contributed by atoms with E-state index in [0.717, 1.165) is 83.4 Å². The predicted octanol–water partition coefficient (Wildman–Crippen LogP) is 0.745. The standard InChI is InChI=1S/C20H34N6O2/c1-2-24-8-10-26(11-9-24)19-5-4-18(16-22-19)17-23-20(27)21-6-3-7-25-12-14-28-15-13-25/h4-5,16H,2-3,6-15,17H2,1H3,(H2,21,23,27). The number of hydrogen-bond donors (Lipinski definition) is 2. The number of urea groups is 1. The maximum atomic E-state index is 12.0. The molecule has 2 N–H and O–H groups in total. The third kappa shape index (κ3) is 6.61. The normalized spacial score (nSPS) is 18.8. The Morgan fingerprint density at radius 1 is 1.07 bits per heavy atom. The van der Waals surface area contributed by atoms with Crippen LogP contribution in [-0.4, -0.2) is 92.9 Å². The Morgan fingerprint density at radius 3 is 2.54 bits per heavy atom. The Labute approximate surface area is 168 Å². The number of piperazine rings is 1. The highest BCUT2D eigenvalue weighted by atomic mass is 16.5. The molecule has 0 saturated carbocycles. The van der Waals surface area contributed by atoms with Crippen LogP contribution in [0.5, 0.6) is 0 Å². The monoisotopic (exact) mass is 390 g/mol. The second kappa shape index (κ2) is 11.2. The molecule has 0 atom stereocenters. The number of hydrogen-bond acceptors (Lipinski definition) is 6. The van der Waals surface area contributed by atoms with E-state index in [2.05, 4.69) is 43.3 Å². The lowest BCUT2D eigenvalue weighted by molar-refractivity contribution is 0.0375. The van der Waals surface area contributed by atoms with Crippen LogP contribution in [0, 0.1) is 0 Å². The molecule has 2 fully saturated rings. The van der Waals surface area contributed by atoms with E-state index in [-0.39, 0.29) is 6.03 Å². The van der Waals surface area contributed by atoms with Crippen molar-refractivity contribution in [1.29, 1.82) is 0 Å². The third-order valence-electron chi connectivity index (χ3n) is 5.45. The molecule has 3 heterocycles. The first-order valence-electron chi connectivity index (χ1n) is 10.5. The molecule has 8 heteroatoms. The Bertz CT molecular complexity index is 583. The highest BCUT2D eigenvalue weighted by Crippen LogP contribution is 2.14. The van der Waals surface area contributed by atoms with Crippen molar-refractivity contribution in [3.05, 3.63) is 23.9 Å². The molecule has 0 aromatic carbocycles. The third-order valence-corrected chi connectivity index (χ3v) is 5.45. The van der Waals surface area contributed by atoms with Gasteiger partial charge >= 0.3 is 6.03 Å². The van der Waals surface area contributed by atoms with Gasteiger partial charge in [-0.05, 0) is 31.1 Å². The molecule has 0 unspecified atom stereocenters. The summed E-state index contributed by atoms with van der Waals surface area (Å²) in [5.41, 5.74) is 1.01. The van der Waals surface area contributed by atoms with Crippen molar-refractivity contribution < 1.29 is 9.53 Å². The average Bonchev–Trinajstić information content (AvgIpc) is 2.76. The van der Waals surface area contributed by atoms with E-state index in [9.17, 15) is 4.79 Å². The largest absolute Gasteiger partial charge is 0.379 e. The number of morpholine rings is 1. The molecule has 1 aromatic rings. The molecule has 2 aliphatic rings. The van der Waals surface area contributed by atoms with Gasteiger partial charge in [-0.1, -0.05) is 13.0 Å². The van der Waals surface area contributed by atoms with Crippen molar-refractivity contribution in [3.63, 3.8) is 0 Å². The Balaban J connectivity index is 1.30. The molecule has 2 saturated heterocycles. The van der Waals surface area contributed by atoms with Gasteiger partial charge in [-0.3, -0.25) is 4.90 Å². The summed E-state index contributed by atoms with van der Waals surface area (Å²) in [6.45, 7) is 13.3. The molecule has 28 heavy (non-hydrogen) atoms. The number of nitrogens with zero attached hydrogens (tertiary/aromatic N) is 4. The number of pyridine rings is 1. The fraction of sp³-hybridized carbons (Fsp3) is 0.700. The van der Waals surface area contributed by atoms with E-state index < -0.39 is 0 Å². The maximum absolute atomic E-state index is 12.0. The van der Waals surface area contributed by atoms with Crippen LogP contribution in [-0.2, 0) is 11.3 Å². The van der Waals surface area contributed by atoms with Gasteiger partial charge in [0.2, 0.25) is 0 Å². The number of aromatic nitrogens is 1. The zero-order valence-corrected chi connectivity index (χ0v) is 17.0. The smallest absolute Gasteiger partial charge is 0.315 e. The molecule has 0 spiro atoms. The minimum atomic E-state index is -0.123. The van der Waals surface area contributed by atoms with Crippen LogP contribution in [0.15, 0.2) is 18.3 Å². The van der Waals surface area contributed by atoms with Gasteiger partial charge in [0.1, 0.15) is 5.82 Å². The Morgan fingerprint density at radius 2 is 1.86 bits per heavy atom. The number of nitrogens with one attached hydrogen (secondary N) is 2. The van der Waals surface area contributed by atoms with Crippen molar-refractivity contribution in [2.75, 3.05) is 77.0 Å². The number of carbonyl (C=O) groups is 1. The summed E-state index contributed by atoms with van der Waals surface area (Å²) in [4.78, 5) is 23.7. The number of likely N-dealkylation sites (N-methyl/N-ethyl adjacent to an activating group) is 1. The van der Waals surface area contributed by atoms with Crippen LogP contribution in [0.3, 0.4) is 0 Å². The molecule has 2 amide bonds. The molecule has 2 aliphatic heterocycles. The summed E-state index contributed by atoms with van der Waals surface area (Å²) in [6.07, 6.45) is 2.81. The molecule has 0 radical (unpaired) electrons. The molecular formula is C20H34N6O2. The Kier molecular flexibility index (Phi) is 8.32. The average molecular weight is 391 g/mol. The zero-order chi connectivity index (χ0) is 19.6. The first-order valence-corrected chi connectivity index (χ1v) is 10.5. The number of ether oxygens (including phenoxy) is 1. The molecule has 1 aromatic heterocycles. The van der Waals surface area contributed by atoms with Crippen LogP contribution in [0.4, 0.5) is 10.6 Å². The van der Waals surface area contributed by atoms with Gasteiger partial charge in [0.25, 0.3) is 0 Å². The van der Waals surface area contributed by atoms with E-state index in [1.54, 1.807) is 0 Å². The van der Waals surface area contributed by atoms with Crippen molar-refractivity contribution >= 4 is 11.8 Å². The van der Waals surface area contributed by atoms with Crippen molar-refractivity contribution in [3.8, 4) is 0 Å². The summed E-state index contributed by atoms with van der Waals surface area (Å²) in [5.74, 6) is 1.02. The van der Waals surface area contributed by atoms with Crippen molar-refractivity contribution in [1.82, 2.24) is 25.4 Å². The number of amides is 2. The first kappa shape index (κ1) is 20.8. The Hall–Kier alpha value is -1.90. The fourth-order valence-corrected chi connectivity index (χ4v) is 3.58. The van der Waals surface area contributed by atoms with Gasteiger partial charge in [0.05, 0.1) is 13.2 Å². The van der Waals surface area contributed by atoms with Crippen LogP contribution in [0.25, 0.3) is 0 Å². The molecule has 3 rings (SSSR count). The summed E-state index contributed by atoms with van der Waals surface area (Å²) in [6, 6.07) is 3.98. The fourth-order valence-electron chi connectivity index (χ4n) is 3.58. The van der Waals surface area contributed by atoms with Gasteiger partial charge in [0, 0.05) is 58.6 Å². The van der Waals surface area contributed by atoms with Gasteiger partial charge in [-0.25, -0.2) is 9.78 Å². The lowest BCUT2D eigenvalue weighted by atomic mass is 10.2. The maximum Gasteiger partial charge on any atom is 0.315 e. The topological polar surface area (TPSA) is 73.0 Å². The lowest BCUT2D eigenvalue weighted by Gasteiger charge is -2.34.